The van der Waals surface area contributed by atoms with Gasteiger partial charge in [-0.25, -0.2) is 0 Å². The summed E-state index contributed by atoms with van der Waals surface area (Å²) in [4.78, 5) is 10.9. The second-order valence-corrected chi connectivity index (χ2v) is 3.65. The van der Waals surface area contributed by atoms with Crippen molar-refractivity contribution >= 4 is 17.2 Å². The van der Waals surface area contributed by atoms with Gasteiger partial charge in [-0.15, -0.1) is 0 Å². The van der Waals surface area contributed by atoms with Gasteiger partial charge >= 0.3 is 5.97 Å². The van der Waals surface area contributed by atoms with Gasteiger partial charge in [-0.05, 0) is 18.6 Å². The topological polar surface area (TPSA) is 49.3 Å². The Labute approximate surface area is 88.4 Å². The smallest absolute Gasteiger partial charge is 0.310 e. The maximum absolute atomic E-state index is 10.9. The number of carboxylic acid groups (broad SMARTS) is 1. The zero-order chi connectivity index (χ0) is 10.8. The SMILES string of the molecule is CC(C(=O)O)C1=CCNc2ccccc21. The van der Waals surface area contributed by atoms with E-state index in [1.807, 2.05) is 30.3 Å². The molecule has 2 N–H and O–H groups in total. The fraction of sp³-hybridized carbons (Fsp3) is 0.250. The third-order valence-corrected chi connectivity index (χ3v) is 2.69. The van der Waals surface area contributed by atoms with E-state index in [0.717, 1.165) is 16.8 Å². The summed E-state index contributed by atoms with van der Waals surface area (Å²) in [7, 11) is 0. The number of hydrogen-bond acceptors (Lipinski definition) is 2. The average Bonchev–Trinajstić information content (AvgIpc) is 2.27. The van der Waals surface area contributed by atoms with E-state index in [1.165, 1.54) is 0 Å². The molecule has 15 heavy (non-hydrogen) atoms. The Kier molecular flexibility index (Phi) is 2.46. The highest BCUT2D eigenvalue weighted by Gasteiger charge is 2.21. The second-order valence-electron chi connectivity index (χ2n) is 3.65. The van der Waals surface area contributed by atoms with E-state index in [1.54, 1.807) is 6.92 Å². The Hall–Kier alpha value is -1.77. The largest absolute Gasteiger partial charge is 0.481 e. The third-order valence-electron chi connectivity index (χ3n) is 2.69. The number of carbonyl (C=O) groups is 1. The monoisotopic (exact) mass is 203 g/mol. The highest BCUT2D eigenvalue weighted by Crippen LogP contribution is 2.32. The molecule has 0 saturated heterocycles. The summed E-state index contributed by atoms with van der Waals surface area (Å²) >= 11 is 0. The lowest BCUT2D eigenvalue weighted by Gasteiger charge is -2.21. The summed E-state index contributed by atoms with van der Waals surface area (Å²) in [6.07, 6.45) is 1.95. The Morgan fingerprint density at radius 1 is 1.47 bits per heavy atom. The molecular weight excluding hydrogens is 190 g/mol. The van der Waals surface area contributed by atoms with Crippen molar-refractivity contribution in [3.63, 3.8) is 0 Å². The highest BCUT2D eigenvalue weighted by molar-refractivity contribution is 5.91. The standard InChI is InChI=1S/C12H13NO2/c1-8(12(14)15)9-6-7-13-11-5-3-2-4-10(9)11/h2-6,8,13H,7H2,1H3,(H,14,15). The van der Waals surface area contributed by atoms with Crippen LogP contribution in [0, 0.1) is 5.92 Å². The van der Waals surface area contributed by atoms with Crippen LogP contribution in [0.3, 0.4) is 0 Å². The quantitative estimate of drug-likeness (QED) is 0.774. The number of aliphatic carboxylic acids is 1. The van der Waals surface area contributed by atoms with E-state index in [0.29, 0.717) is 6.54 Å². The van der Waals surface area contributed by atoms with Crippen LogP contribution in [0.15, 0.2) is 30.3 Å². The molecule has 0 saturated carbocycles. The first kappa shape index (κ1) is 9.77. The molecule has 1 atom stereocenters. The van der Waals surface area contributed by atoms with E-state index in [-0.39, 0.29) is 0 Å². The van der Waals surface area contributed by atoms with Crippen molar-refractivity contribution in [3.8, 4) is 0 Å². The minimum absolute atomic E-state index is 0.451. The molecule has 0 fully saturated rings. The van der Waals surface area contributed by atoms with Crippen molar-refractivity contribution in [3.05, 3.63) is 35.9 Å². The van der Waals surface area contributed by atoms with Gasteiger partial charge in [0.15, 0.2) is 0 Å². The van der Waals surface area contributed by atoms with E-state index in [9.17, 15) is 4.79 Å². The fourth-order valence-electron chi connectivity index (χ4n) is 1.81. The van der Waals surface area contributed by atoms with Gasteiger partial charge in [-0.3, -0.25) is 4.79 Å². The predicted octanol–water partition coefficient (Wildman–Crippen LogP) is 2.22. The molecule has 1 unspecified atom stereocenters. The molecule has 0 spiro atoms. The summed E-state index contributed by atoms with van der Waals surface area (Å²) in [5.74, 6) is -1.23. The molecule has 1 heterocycles. The number of hydrogen-bond donors (Lipinski definition) is 2. The van der Waals surface area contributed by atoms with Gasteiger partial charge in [0, 0.05) is 17.8 Å². The highest BCUT2D eigenvalue weighted by atomic mass is 16.4. The number of nitrogens with one attached hydrogen (secondary N) is 1. The molecule has 0 aromatic heterocycles. The van der Waals surface area contributed by atoms with Gasteiger partial charge < -0.3 is 10.4 Å². The fourth-order valence-corrected chi connectivity index (χ4v) is 1.81. The van der Waals surface area contributed by atoms with Crippen LogP contribution >= 0.6 is 0 Å². The Bertz CT molecular complexity index is 423. The maximum atomic E-state index is 10.9. The van der Waals surface area contributed by atoms with Gasteiger partial charge in [-0.2, -0.15) is 0 Å². The van der Waals surface area contributed by atoms with Crippen molar-refractivity contribution in [1.29, 1.82) is 0 Å². The Morgan fingerprint density at radius 2 is 2.20 bits per heavy atom. The lowest BCUT2D eigenvalue weighted by molar-refractivity contribution is -0.139. The van der Waals surface area contributed by atoms with E-state index in [4.69, 9.17) is 5.11 Å². The van der Waals surface area contributed by atoms with Crippen LogP contribution in [-0.4, -0.2) is 17.6 Å². The molecule has 78 valence electrons. The van der Waals surface area contributed by atoms with Gasteiger partial charge in [0.25, 0.3) is 0 Å². The van der Waals surface area contributed by atoms with E-state index < -0.39 is 11.9 Å². The van der Waals surface area contributed by atoms with E-state index >= 15 is 0 Å². The molecule has 0 bridgehead atoms. The normalized spacial score (nSPS) is 15.9. The summed E-state index contributed by atoms with van der Waals surface area (Å²) in [6, 6.07) is 7.79. The van der Waals surface area contributed by atoms with Crippen LogP contribution in [0.25, 0.3) is 5.57 Å². The minimum atomic E-state index is -0.780. The first-order valence-corrected chi connectivity index (χ1v) is 4.96. The van der Waals surface area contributed by atoms with Gasteiger partial charge in [0.05, 0.1) is 5.92 Å². The summed E-state index contributed by atoms with van der Waals surface area (Å²) in [5.41, 5.74) is 2.92. The molecule has 0 radical (unpaired) electrons. The molecule has 2 rings (SSSR count). The maximum Gasteiger partial charge on any atom is 0.310 e. The molecule has 3 heteroatoms. The zero-order valence-electron chi connectivity index (χ0n) is 8.53. The number of anilines is 1. The van der Waals surface area contributed by atoms with Crippen molar-refractivity contribution < 1.29 is 9.90 Å². The number of carboxylic acids is 1. The van der Waals surface area contributed by atoms with Gasteiger partial charge in [0.1, 0.15) is 0 Å². The minimum Gasteiger partial charge on any atom is -0.481 e. The van der Waals surface area contributed by atoms with Crippen molar-refractivity contribution in [2.45, 2.75) is 6.92 Å². The second kappa shape index (κ2) is 3.77. The molecule has 1 aliphatic rings. The number of para-hydroxylation sites is 1. The summed E-state index contributed by atoms with van der Waals surface area (Å²) < 4.78 is 0. The lowest BCUT2D eigenvalue weighted by Crippen LogP contribution is -2.17. The van der Waals surface area contributed by atoms with Crippen LogP contribution < -0.4 is 5.32 Å². The van der Waals surface area contributed by atoms with Crippen LogP contribution in [-0.2, 0) is 4.79 Å². The first-order valence-electron chi connectivity index (χ1n) is 4.96. The van der Waals surface area contributed by atoms with Crippen molar-refractivity contribution in [1.82, 2.24) is 0 Å². The molecular formula is C12H13NO2. The molecule has 0 aliphatic carbocycles. The number of benzene rings is 1. The predicted molar refractivity (Wildman–Crippen MR) is 59.7 cm³/mol. The molecule has 0 amide bonds. The summed E-state index contributed by atoms with van der Waals surface area (Å²) in [6.45, 7) is 2.42. The molecule has 1 aromatic carbocycles. The Balaban J connectivity index is 2.42. The number of fused-ring (bicyclic) bond motifs is 1. The van der Waals surface area contributed by atoms with Crippen LogP contribution in [0.5, 0.6) is 0 Å². The summed E-state index contributed by atoms with van der Waals surface area (Å²) in [5, 5.41) is 12.2. The van der Waals surface area contributed by atoms with Crippen LogP contribution in [0.4, 0.5) is 5.69 Å². The lowest BCUT2D eigenvalue weighted by atomic mass is 9.90. The molecule has 3 nitrogen and oxygen atoms in total. The number of rotatable bonds is 2. The Morgan fingerprint density at radius 3 is 2.93 bits per heavy atom. The van der Waals surface area contributed by atoms with Crippen LogP contribution in [0.1, 0.15) is 12.5 Å². The van der Waals surface area contributed by atoms with E-state index in [2.05, 4.69) is 5.32 Å². The first-order chi connectivity index (χ1) is 7.20. The average molecular weight is 203 g/mol. The van der Waals surface area contributed by atoms with Crippen LogP contribution in [0.2, 0.25) is 0 Å². The van der Waals surface area contributed by atoms with Crippen molar-refractivity contribution in [2.75, 3.05) is 11.9 Å². The molecule has 1 aromatic rings. The van der Waals surface area contributed by atoms with Gasteiger partial charge in [-0.1, -0.05) is 24.3 Å². The van der Waals surface area contributed by atoms with Gasteiger partial charge in [0.2, 0.25) is 0 Å². The molecule has 1 aliphatic heterocycles. The third kappa shape index (κ3) is 1.73. The van der Waals surface area contributed by atoms with Crippen molar-refractivity contribution in [2.24, 2.45) is 5.92 Å². The zero-order valence-corrected chi connectivity index (χ0v) is 8.53.